The number of H-pyrrole nitrogens is 1. The average molecular weight is 397 g/mol. The minimum atomic E-state index is -4.60. The molecule has 0 aliphatic carbocycles. The third kappa shape index (κ3) is 2.96. The summed E-state index contributed by atoms with van der Waals surface area (Å²) in [5.41, 5.74) is 3.28. The predicted octanol–water partition coefficient (Wildman–Crippen LogP) is 1.49. The quantitative estimate of drug-likeness (QED) is 0.766. The van der Waals surface area contributed by atoms with Gasteiger partial charge < -0.3 is 15.5 Å². The second kappa shape index (κ2) is 6.21. The molecule has 2 saturated heterocycles. The summed E-state index contributed by atoms with van der Waals surface area (Å²) >= 11 is 0. The summed E-state index contributed by atoms with van der Waals surface area (Å²) in [5, 5.41) is 0. The number of nitrogens with one attached hydrogen (secondary N) is 1. The maximum atomic E-state index is 14.3. The van der Waals surface area contributed by atoms with Gasteiger partial charge in [0.25, 0.3) is 11.5 Å². The number of rotatable bonds is 3. The molecular weight excluding hydrogens is 382 g/mol. The second-order valence-corrected chi connectivity index (χ2v) is 6.83. The van der Waals surface area contributed by atoms with E-state index in [9.17, 15) is 27.2 Å². The zero-order valence-electron chi connectivity index (χ0n) is 14.3. The average Bonchev–Trinajstić information content (AvgIpc) is 3.21. The summed E-state index contributed by atoms with van der Waals surface area (Å²) in [7, 11) is 0. The van der Waals surface area contributed by atoms with Crippen LogP contribution in [0.25, 0.3) is 0 Å². The van der Waals surface area contributed by atoms with Crippen molar-refractivity contribution in [3.05, 3.63) is 51.7 Å². The number of anilines is 2. The van der Waals surface area contributed by atoms with Crippen LogP contribution >= 0.6 is 0 Å². The van der Waals surface area contributed by atoms with Crippen LogP contribution in [0.2, 0.25) is 0 Å². The minimum Gasteiger partial charge on any atom is -0.365 e. The fraction of sp³-hybridized carbons (Fsp3) is 0.353. The van der Waals surface area contributed by atoms with Gasteiger partial charge in [0.2, 0.25) is 5.95 Å². The zero-order chi connectivity index (χ0) is 20.2. The van der Waals surface area contributed by atoms with Gasteiger partial charge in [0.15, 0.2) is 0 Å². The summed E-state index contributed by atoms with van der Waals surface area (Å²) in [6.45, 7) is 0.776. The molecule has 2 aromatic rings. The fourth-order valence-corrected chi connectivity index (χ4v) is 3.84. The first-order valence-electron chi connectivity index (χ1n) is 8.44. The van der Waals surface area contributed by atoms with E-state index >= 15 is 0 Å². The Bertz CT molecular complexity index is 1010. The van der Waals surface area contributed by atoms with E-state index in [2.05, 4.69) is 9.97 Å². The number of hydrogen-bond donors (Lipinski definition) is 2. The zero-order valence-corrected chi connectivity index (χ0v) is 14.3. The molecule has 1 amide bonds. The van der Waals surface area contributed by atoms with Gasteiger partial charge >= 0.3 is 6.18 Å². The van der Waals surface area contributed by atoms with Crippen LogP contribution in [0, 0.1) is 5.82 Å². The molecule has 1 aromatic heterocycles. The monoisotopic (exact) mass is 397 g/mol. The van der Waals surface area contributed by atoms with Crippen LogP contribution in [0.4, 0.5) is 29.2 Å². The van der Waals surface area contributed by atoms with Crippen molar-refractivity contribution in [2.75, 3.05) is 22.9 Å². The minimum absolute atomic E-state index is 0.103. The standard InChI is InChI=1S/C17H15F4N5O2/c18-12-3-8(17(19,20)21)1-2-13(12)25-6-10-4-9(25)7-26(10)16-23-5-11(14(22)27)15(28)24-16/h1-3,5,9-10H,4,6-7H2,(H2,22,27)(H,23,24,28)/t9-,10-/m0/s1. The number of aromatic nitrogens is 2. The van der Waals surface area contributed by atoms with E-state index in [0.29, 0.717) is 25.6 Å². The van der Waals surface area contributed by atoms with E-state index in [1.54, 1.807) is 4.90 Å². The molecule has 3 N–H and O–H groups in total. The van der Waals surface area contributed by atoms with Crippen LogP contribution in [0.5, 0.6) is 0 Å². The molecule has 7 nitrogen and oxygen atoms in total. The lowest BCUT2D eigenvalue weighted by atomic mass is 10.1. The van der Waals surface area contributed by atoms with Gasteiger partial charge in [-0.1, -0.05) is 0 Å². The van der Waals surface area contributed by atoms with Gasteiger partial charge in [0.1, 0.15) is 11.4 Å². The molecular formula is C17H15F4N5O2. The Balaban J connectivity index is 1.54. The highest BCUT2D eigenvalue weighted by molar-refractivity contribution is 5.92. The molecule has 0 radical (unpaired) electrons. The number of carbonyl (C=O) groups is 1. The van der Waals surface area contributed by atoms with Crippen molar-refractivity contribution in [3.8, 4) is 0 Å². The highest BCUT2D eigenvalue weighted by Crippen LogP contribution is 2.38. The number of alkyl halides is 3. The molecule has 0 saturated carbocycles. The first kappa shape index (κ1) is 18.3. The van der Waals surface area contributed by atoms with Crippen molar-refractivity contribution in [2.45, 2.75) is 24.7 Å². The number of nitrogens with zero attached hydrogens (tertiary/aromatic N) is 3. The van der Waals surface area contributed by atoms with E-state index in [4.69, 9.17) is 5.73 Å². The normalized spacial score (nSPS) is 21.4. The van der Waals surface area contributed by atoms with Gasteiger partial charge in [-0.05, 0) is 24.6 Å². The van der Waals surface area contributed by atoms with Crippen molar-refractivity contribution < 1.29 is 22.4 Å². The third-order valence-corrected chi connectivity index (χ3v) is 5.15. The maximum absolute atomic E-state index is 14.3. The second-order valence-electron chi connectivity index (χ2n) is 6.83. The molecule has 2 bridgehead atoms. The van der Waals surface area contributed by atoms with Gasteiger partial charge in [-0.25, -0.2) is 9.37 Å². The van der Waals surface area contributed by atoms with E-state index in [1.807, 2.05) is 4.90 Å². The van der Waals surface area contributed by atoms with Crippen LogP contribution in [0.15, 0.2) is 29.2 Å². The Labute approximate surface area is 155 Å². The van der Waals surface area contributed by atoms with Gasteiger partial charge in [-0.15, -0.1) is 0 Å². The summed E-state index contributed by atoms with van der Waals surface area (Å²) in [6, 6.07) is 2.27. The molecule has 11 heteroatoms. The van der Waals surface area contributed by atoms with Crippen LogP contribution in [-0.2, 0) is 6.18 Å². The summed E-state index contributed by atoms with van der Waals surface area (Å²) in [5.74, 6) is -1.53. The molecule has 2 aliphatic heterocycles. The fourth-order valence-electron chi connectivity index (χ4n) is 3.84. The van der Waals surface area contributed by atoms with Gasteiger partial charge in [0, 0.05) is 25.3 Å². The van der Waals surface area contributed by atoms with Crippen LogP contribution in [0.3, 0.4) is 0 Å². The maximum Gasteiger partial charge on any atom is 0.416 e. The number of aromatic amines is 1. The SMILES string of the molecule is NC(=O)c1cnc(N2C[C@@H]3C[C@H]2CN3c2ccc(C(F)(F)F)cc2F)[nH]c1=O. The molecule has 2 fully saturated rings. The number of benzene rings is 1. The molecule has 2 atom stereocenters. The summed E-state index contributed by atoms with van der Waals surface area (Å²) < 4.78 is 52.5. The molecule has 148 valence electrons. The Morgan fingerprint density at radius 3 is 2.43 bits per heavy atom. The lowest BCUT2D eigenvalue weighted by Crippen LogP contribution is -2.48. The smallest absolute Gasteiger partial charge is 0.365 e. The molecule has 3 heterocycles. The van der Waals surface area contributed by atoms with E-state index in [0.717, 1.165) is 18.3 Å². The molecule has 2 aliphatic rings. The van der Waals surface area contributed by atoms with Gasteiger partial charge in [-0.2, -0.15) is 13.2 Å². The van der Waals surface area contributed by atoms with Crippen molar-refractivity contribution in [1.29, 1.82) is 0 Å². The first-order valence-corrected chi connectivity index (χ1v) is 8.44. The van der Waals surface area contributed by atoms with E-state index in [1.165, 1.54) is 0 Å². The topological polar surface area (TPSA) is 95.3 Å². The Morgan fingerprint density at radius 2 is 1.89 bits per heavy atom. The Morgan fingerprint density at radius 1 is 1.21 bits per heavy atom. The van der Waals surface area contributed by atoms with Crippen molar-refractivity contribution in [1.82, 2.24) is 9.97 Å². The van der Waals surface area contributed by atoms with E-state index in [-0.39, 0.29) is 29.3 Å². The van der Waals surface area contributed by atoms with Gasteiger partial charge in [-0.3, -0.25) is 14.6 Å². The summed E-state index contributed by atoms with van der Waals surface area (Å²) in [6.07, 6.45) is -2.85. The number of fused-ring (bicyclic) bond motifs is 2. The third-order valence-electron chi connectivity index (χ3n) is 5.15. The number of amides is 1. The molecule has 4 rings (SSSR count). The molecule has 0 spiro atoms. The number of halogens is 4. The lowest BCUT2D eigenvalue weighted by molar-refractivity contribution is -0.137. The number of hydrogen-bond acceptors (Lipinski definition) is 5. The number of nitrogens with two attached hydrogens (primary N) is 1. The van der Waals surface area contributed by atoms with E-state index < -0.39 is 29.0 Å². The number of carbonyl (C=O) groups excluding carboxylic acids is 1. The first-order chi connectivity index (χ1) is 13.1. The molecule has 0 unspecified atom stereocenters. The number of piperazine rings is 1. The van der Waals surface area contributed by atoms with Crippen molar-refractivity contribution in [2.24, 2.45) is 5.73 Å². The van der Waals surface area contributed by atoms with Crippen molar-refractivity contribution in [3.63, 3.8) is 0 Å². The van der Waals surface area contributed by atoms with Crippen LogP contribution in [-0.4, -0.2) is 41.0 Å². The van der Waals surface area contributed by atoms with Crippen LogP contribution in [0.1, 0.15) is 22.3 Å². The number of primary amides is 1. The Hall–Kier alpha value is -3.11. The molecule has 1 aromatic carbocycles. The highest BCUT2D eigenvalue weighted by Gasteiger charge is 2.45. The highest BCUT2D eigenvalue weighted by atomic mass is 19.4. The Kier molecular flexibility index (Phi) is 4.05. The largest absolute Gasteiger partial charge is 0.416 e. The lowest BCUT2D eigenvalue weighted by Gasteiger charge is -2.36. The van der Waals surface area contributed by atoms with Crippen LogP contribution < -0.4 is 21.1 Å². The predicted molar refractivity (Wildman–Crippen MR) is 91.7 cm³/mol. The molecule has 28 heavy (non-hydrogen) atoms. The van der Waals surface area contributed by atoms with Crippen molar-refractivity contribution >= 4 is 17.5 Å². The summed E-state index contributed by atoms with van der Waals surface area (Å²) in [4.78, 5) is 33.2. The van der Waals surface area contributed by atoms with Gasteiger partial charge in [0.05, 0.1) is 17.3 Å².